The topological polar surface area (TPSA) is 50.4 Å². The first kappa shape index (κ1) is 38.9. The fourth-order valence-corrected chi connectivity index (χ4v) is 4.82. The van der Waals surface area contributed by atoms with Crippen molar-refractivity contribution in [3.63, 3.8) is 0 Å². The minimum atomic E-state index is -5.18. The monoisotopic (exact) mass is 702 g/mol. The van der Waals surface area contributed by atoms with E-state index in [9.17, 15) is 48.7 Å². The molecule has 0 spiro atoms. The third-order valence-electron chi connectivity index (χ3n) is 6.99. The molecule has 264 valence electrons. The van der Waals surface area contributed by atoms with Gasteiger partial charge in [0.15, 0.2) is 0 Å². The maximum Gasteiger partial charge on any atom is 0.461 e. The van der Waals surface area contributed by atoms with Crippen molar-refractivity contribution in [1.29, 1.82) is 0 Å². The number of carbonyl (C=O) groups is 1. The first-order valence-electron chi connectivity index (χ1n) is 14.7. The van der Waals surface area contributed by atoms with Gasteiger partial charge in [-0.15, -0.1) is 0 Å². The molecule has 14 heteroatoms. The summed E-state index contributed by atoms with van der Waals surface area (Å²) < 4.78 is 140. The molecule has 4 nitrogen and oxygen atoms in total. The molecular weight excluding hydrogens is 670 g/mol. The third-order valence-corrected chi connectivity index (χ3v) is 6.99. The van der Waals surface area contributed by atoms with Crippen LogP contribution in [0.25, 0.3) is 0 Å². The maximum atomic E-state index is 14.9. The van der Waals surface area contributed by atoms with Crippen molar-refractivity contribution in [2.24, 2.45) is 5.92 Å². The fourth-order valence-electron chi connectivity index (χ4n) is 4.82. The molecule has 4 aromatic rings. The van der Waals surface area contributed by atoms with Gasteiger partial charge < -0.3 is 15.4 Å². The Labute approximate surface area is 276 Å². The van der Waals surface area contributed by atoms with E-state index in [0.29, 0.717) is 17.7 Å². The summed E-state index contributed by atoms with van der Waals surface area (Å²) in [7, 11) is 1.97. The van der Waals surface area contributed by atoms with E-state index in [1.165, 1.54) is 0 Å². The number of benzene rings is 4. The van der Waals surface area contributed by atoms with Crippen LogP contribution >= 0.6 is 0 Å². The van der Waals surface area contributed by atoms with E-state index in [1.807, 2.05) is 7.05 Å². The van der Waals surface area contributed by atoms with Gasteiger partial charge in [-0.05, 0) is 78.7 Å². The lowest BCUT2D eigenvalue weighted by Crippen LogP contribution is -2.48. The smallest absolute Gasteiger partial charge is 0.428 e. The average molecular weight is 703 g/mol. The van der Waals surface area contributed by atoms with E-state index >= 15 is 0 Å². The van der Waals surface area contributed by atoms with Crippen molar-refractivity contribution in [1.82, 2.24) is 10.6 Å². The van der Waals surface area contributed by atoms with Crippen molar-refractivity contribution in [2.75, 3.05) is 13.6 Å². The van der Waals surface area contributed by atoms with Gasteiger partial charge in [0.05, 0.1) is 11.1 Å². The highest BCUT2D eigenvalue weighted by Gasteiger charge is 2.45. The second-order valence-corrected chi connectivity index (χ2v) is 11.3. The van der Waals surface area contributed by atoms with E-state index in [0.717, 1.165) is 54.9 Å². The van der Waals surface area contributed by atoms with Gasteiger partial charge >= 0.3 is 18.7 Å². The number of carbonyl (C=O) groups excluding carboxylic acids is 1. The molecule has 49 heavy (non-hydrogen) atoms. The summed E-state index contributed by atoms with van der Waals surface area (Å²) >= 11 is 0. The molecule has 0 heterocycles. The Morgan fingerprint density at radius 1 is 0.776 bits per heavy atom. The highest BCUT2D eigenvalue weighted by Crippen LogP contribution is 2.39. The number of alkyl halides is 7. The molecule has 1 atom stereocenters. The molecule has 4 aromatic carbocycles. The summed E-state index contributed by atoms with van der Waals surface area (Å²) in [5.41, 5.74) is -4.50. The van der Waals surface area contributed by atoms with Crippen molar-refractivity contribution in [2.45, 2.75) is 44.5 Å². The first-order chi connectivity index (χ1) is 22.9. The van der Waals surface area contributed by atoms with Gasteiger partial charge in [0.2, 0.25) is 0 Å². The Balaban J connectivity index is 0.000000992. The Morgan fingerprint density at radius 3 is 1.94 bits per heavy atom. The molecule has 1 amide bonds. The number of hydrogen-bond donors (Lipinski definition) is 2. The maximum absolute atomic E-state index is 14.9. The van der Waals surface area contributed by atoms with Crippen LogP contribution < -0.4 is 15.4 Å². The fraction of sp³-hybridized carbons (Fsp3) is 0.286. The summed E-state index contributed by atoms with van der Waals surface area (Å²) in [4.78, 5) is 13.5. The molecule has 0 aliphatic carbocycles. The van der Waals surface area contributed by atoms with Crippen LogP contribution in [-0.4, -0.2) is 32.0 Å². The standard InChI is InChI=1S/C30H19F10NO2.C5H13N/c31-21-9-7-19(8-10-21)28(16-17-4-2-1-3-5-17,20-13-22(32)15-23(14-20)43-30(39,40)27(34)35)41-26(42)18-6-11-25(33)24(12-18)29(36,37)38;1-5(2)4-6-3/h1-15,27H,16H2,(H,41,42);5-6H,4H2,1-3H3/t28-;/m1./s1. The zero-order valence-electron chi connectivity index (χ0n) is 26.3. The van der Waals surface area contributed by atoms with Crippen molar-refractivity contribution >= 4 is 5.91 Å². The summed E-state index contributed by atoms with van der Waals surface area (Å²) in [5.74, 6) is -5.23. The van der Waals surface area contributed by atoms with E-state index in [-0.39, 0.29) is 23.6 Å². The molecule has 0 aromatic heterocycles. The zero-order chi connectivity index (χ0) is 36.6. The van der Waals surface area contributed by atoms with Gasteiger partial charge in [0.25, 0.3) is 5.91 Å². The number of ether oxygens (including phenoxy) is 1. The summed E-state index contributed by atoms with van der Waals surface area (Å²) in [6.45, 7) is 5.51. The molecule has 0 aliphatic rings. The van der Waals surface area contributed by atoms with Gasteiger partial charge in [-0.25, -0.2) is 13.2 Å². The lowest BCUT2D eigenvalue weighted by atomic mass is 9.77. The molecular formula is C35H32F10N2O2. The molecule has 0 saturated heterocycles. The number of rotatable bonds is 11. The zero-order valence-corrected chi connectivity index (χ0v) is 26.3. The van der Waals surface area contributed by atoms with E-state index in [1.54, 1.807) is 30.3 Å². The van der Waals surface area contributed by atoms with Gasteiger partial charge in [-0.1, -0.05) is 56.3 Å². The van der Waals surface area contributed by atoms with Gasteiger partial charge in [-0.2, -0.15) is 30.7 Å². The molecule has 0 fully saturated rings. The van der Waals surface area contributed by atoms with Crippen LogP contribution in [-0.2, 0) is 18.1 Å². The molecule has 4 rings (SSSR count). The minimum Gasteiger partial charge on any atom is -0.428 e. The first-order valence-corrected chi connectivity index (χ1v) is 14.7. The van der Waals surface area contributed by atoms with Crippen molar-refractivity contribution in [3.8, 4) is 5.75 Å². The van der Waals surface area contributed by atoms with E-state index < -0.39 is 64.5 Å². The lowest BCUT2D eigenvalue weighted by Gasteiger charge is -2.37. The summed E-state index contributed by atoms with van der Waals surface area (Å²) in [6, 6.07) is 15.3. The predicted molar refractivity (Wildman–Crippen MR) is 163 cm³/mol. The normalized spacial score (nSPS) is 13.0. The molecule has 0 saturated carbocycles. The van der Waals surface area contributed by atoms with Crippen LogP contribution in [0.2, 0.25) is 0 Å². The third kappa shape index (κ3) is 10.4. The number of nitrogens with one attached hydrogen (secondary N) is 2. The highest BCUT2D eigenvalue weighted by atomic mass is 19.4. The second kappa shape index (κ2) is 16.2. The van der Waals surface area contributed by atoms with Crippen LogP contribution in [0.15, 0.2) is 91.0 Å². The Kier molecular flexibility index (Phi) is 12.9. The Bertz CT molecular complexity index is 1680. The molecule has 2 N–H and O–H groups in total. The van der Waals surface area contributed by atoms with Crippen LogP contribution in [0.4, 0.5) is 43.9 Å². The molecule has 0 radical (unpaired) electrons. The lowest BCUT2D eigenvalue weighted by molar-refractivity contribution is -0.253. The minimum absolute atomic E-state index is 0.0126. The van der Waals surface area contributed by atoms with E-state index in [4.69, 9.17) is 0 Å². The van der Waals surface area contributed by atoms with Crippen LogP contribution in [0, 0.1) is 23.4 Å². The predicted octanol–water partition coefficient (Wildman–Crippen LogP) is 9.14. The van der Waals surface area contributed by atoms with Gasteiger partial charge in [-0.3, -0.25) is 4.79 Å². The van der Waals surface area contributed by atoms with Crippen molar-refractivity contribution in [3.05, 3.63) is 136 Å². The van der Waals surface area contributed by atoms with Crippen LogP contribution in [0.1, 0.15) is 46.5 Å². The molecule has 0 aliphatic heterocycles. The number of hydrogen-bond acceptors (Lipinski definition) is 3. The van der Waals surface area contributed by atoms with Crippen LogP contribution in [0.5, 0.6) is 5.75 Å². The number of amides is 1. The number of halogens is 10. The van der Waals surface area contributed by atoms with Gasteiger partial charge in [0.1, 0.15) is 23.2 Å². The average Bonchev–Trinajstić information content (AvgIpc) is 3.01. The van der Waals surface area contributed by atoms with E-state index in [2.05, 4.69) is 29.2 Å². The Morgan fingerprint density at radius 2 is 1.41 bits per heavy atom. The summed E-state index contributed by atoms with van der Waals surface area (Å²) in [5, 5.41) is 5.54. The van der Waals surface area contributed by atoms with Crippen molar-refractivity contribution < 1.29 is 53.4 Å². The molecule has 0 unspecified atom stereocenters. The quantitative estimate of drug-likeness (QED) is 0.153. The largest absolute Gasteiger partial charge is 0.461 e. The second-order valence-electron chi connectivity index (χ2n) is 11.3. The highest BCUT2D eigenvalue weighted by molar-refractivity contribution is 5.95. The SMILES string of the molecule is CNCC(C)C.O=C(N[C@](Cc1ccccc1)(c1ccc(F)cc1)c1cc(F)cc(OC(F)(F)C(F)F)c1)c1ccc(F)c(C(F)(F)F)c1. The Hall–Kier alpha value is -4.59. The van der Waals surface area contributed by atoms with Crippen LogP contribution in [0.3, 0.4) is 0 Å². The molecule has 0 bridgehead atoms. The van der Waals surface area contributed by atoms with Gasteiger partial charge in [0, 0.05) is 18.1 Å². The summed E-state index contributed by atoms with van der Waals surface area (Å²) in [6.07, 6.45) is -14.9.